The minimum atomic E-state index is -0.744. The normalized spacial score (nSPS) is 20.4. The Balaban J connectivity index is 1.71. The number of nitrogens with zero attached hydrogens (tertiary/aromatic N) is 2. The highest BCUT2D eigenvalue weighted by Crippen LogP contribution is 2.27. The van der Waals surface area contributed by atoms with E-state index in [9.17, 15) is 9.18 Å². The number of halogens is 1. The molecule has 0 saturated carbocycles. The average molecular weight is 248 g/mol. The molecular weight excluding hydrogens is 231 g/mol. The van der Waals surface area contributed by atoms with Crippen molar-refractivity contribution in [2.75, 3.05) is 31.1 Å². The molecule has 1 aromatic rings. The van der Waals surface area contributed by atoms with Crippen LogP contribution in [-0.2, 0) is 11.2 Å². The summed E-state index contributed by atoms with van der Waals surface area (Å²) in [6, 6.07) is 8.05. The van der Waals surface area contributed by atoms with Crippen LogP contribution in [0.1, 0.15) is 12.0 Å². The van der Waals surface area contributed by atoms with E-state index in [1.54, 1.807) is 0 Å². The molecule has 0 aromatic heterocycles. The molecule has 0 radical (unpaired) electrons. The zero-order chi connectivity index (χ0) is 12.5. The molecule has 2 heterocycles. The second-order valence-corrected chi connectivity index (χ2v) is 5.07. The largest absolute Gasteiger partial charge is 0.311 e. The van der Waals surface area contributed by atoms with Crippen LogP contribution in [0.5, 0.6) is 0 Å². The quantitative estimate of drug-likeness (QED) is 0.794. The molecular formula is C14H17FN2O. The number of fused-ring (bicyclic) bond motifs is 1. The number of para-hydroxylation sites is 1. The number of rotatable bonds is 2. The lowest BCUT2D eigenvalue weighted by Crippen LogP contribution is -2.53. The van der Waals surface area contributed by atoms with E-state index < -0.39 is 6.17 Å². The van der Waals surface area contributed by atoms with Crippen molar-refractivity contribution in [1.29, 1.82) is 0 Å². The number of hydrogen-bond acceptors (Lipinski definition) is 2. The number of likely N-dealkylation sites (tertiary alicyclic amines) is 1. The Hall–Kier alpha value is -1.42. The highest BCUT2D eigenvalue weighted by atomic mass is 19.1. The first kappa shape index (κ1) is 11.7. The van der Waals surface area contributed by atoms with Crippen LogP contribution in [0.2, 0.25) is 0 Å². The molecule has 0 bridgehead atoms. The summed E-state index contributed by atoms with van der Waals surface area (Å²) in [6.45, 7) is 1.93. The molecule has 2 aliphatic heterocycles. The number of aryl methyl sites for hydroxylation is 1. The third-order valence-corrected chi connectivity index (χ3v) is 3.68. The number of carbonyl (C=O) groups excluding carboxylic acids is 1. The Kier molecular flexibility index (Phi) is 3.04. The maximum absolute atomic E-state index is 12.7. The highest BCUT2D eigenvalue weighted by molar-refractivity contribution is 5.96. The number of anilines is 1. The molecule has 2 aliphatic rings. The Labute approximate surface area is 106 Å². The first-order valence-corrected chi connectivity index (χ1v) is 6.49. The van der Waals surface area contributed by atoms with Gasteiger partial charge in [-0.1, -0.05) is 18.2 Å². The number of amides is 1. The second kappa shape index (κ2) is 4.69. The summed E-state index contributed by atoms with van der Waals surface area (Å²) in [6.07, 6.45) is 1.30. The fourth-order valence-electron chi connectivity index (χ4n) is 2.71. The molecule has 4 heteroatoms. The number of carbonyl (C=O) groups is 1. The smallest absolute Gasteiger partial charge is 0.241 e. The summed E-state index contributed by atoms with van der Waals surface area (Å²) in [5.74, 6) is 0.0917. The summed E-state index contributed by atoms with van der Waals surface area (Å²) < 4.78 is 12.7. The van der Waals surface area contributed by atoms with Gasteiger partial charge in [0.1, 0.15) is 6.17 Å². The van der Waals surface area contributed by atoms with Crippen molar-refractivity contribution in [3.63, 3.8) is 0 Å². The zero-order valence-electron chi connectivity index (χ0n) is 10.3. The van der Waals surface area contributed by atoms with Crippen LogP contribution in [0.3, 0.4) is 0 Å². The van der Waals surface area contributed by atoms with Gasteiger partial charge in [-0.05, 0) is 24.5 Å². The Morgan fingerprint density at radius 2 is 2.11 bits per heavy atom. The van der Waals surface area contributed by atoms with E-state index in [0.29, 0.717) is 19.6 Å². The molecule has 1 amide bonds. The van der Waals surface area contributed by atoms with Crippen molar-refractivity contribution in [2.24, 2.45) is 0 Å². The van der Waals surface area contributed by atoms with Gasteiger partial charge in [0.05, 0.1) is 6.54 Å². The van der Waals surface area contributed by atoms with Crippen LogP contribution in [0.4, 0.5) is 10.1 Å². The monoisotopic (exact) mass is 248 g/mol. The number of benzene rings is 1. The molecule has 0 aliphatic carbocycles. The third kappa shape index (κ3) is 2.12. The Morgan fingerprint density at radius 3 is 2.89 bits per heavy atom. The van der Waals surface area contributed by atoms with Crippen LogP contribution in [0, 0.1) is 0 Å². The molecule has 1 fully saturated rings. The van der Waals surface area contributed by atoms with Gasteiger partial charge in [-0.25, -0.2) is 4.39 Å². The van der Waals surface area contributed by atoms with E-state index in [4.69, 9.17) is 0 Å². The molecule has 3 nitrogen and oxygen atoms in total. The maximum Gasteiger partial charge on any atom is 0.241 e. The predicted octanol–water partition coefficient (Wildman–Crippen LogP) is 1.62. The second-order valence-electron chi connectivity index (χ2n) is 5.07. The zero-order valence-corrected chi connectivity index (χ0v) is 10.3. The molecule has 0 atom stereocenters. The van der Waals surface area contributed by atoms with Crippen LogP contribution in [0.25, 0.3) is 0 Å². The van der Waals surface area contributed by atoms with E-state index in [1.807, 2.05) is 28.0 Å². The summed E-state index contributed by atoms with van der Waals surface area (Å²) in [7, 11) is 0. The van der Waals surface area contributed by atoms with Crippen molar-refractivity contribution >= 4 is 11.6 Å². The highest BCUT2D eigenvalue weighted by Gasteiger charge is 2.30. The van der Waals surface area contributed by atoms with Gasteiger partial charge in [0.2, 0.25) is 5.91 Å². The Morgan fingerprint density at radius 1 is 1.33 bits per heavy atom. The van der Waals surface area contributed by atoms with Crippen LogP contribution < -0.4 is 4.90 Å². The van der Waals surface area contributed by atoms with E-state index in [0.717, 1.165) is 25.1 Å². The van der Waals surface area contributed by atoms with Crippen molar-refractivity contribution in [2.45, 2.75) is 19.0 Å². The average Bonchev–Trinajstić information content (AvgIpc) is 2.36. The van der Waals surface area contributed by atoms with E-state index in [2.05, 4.69) is 6.07 Å². The van der Waals surface area contributed by atoms with E-state index >= 15 is 0 Å². The molecule has 1 saturated heterocycles. The van der Waals surface area contributed by atoms with Gasteiger partial charge >= 0.3 is 0 Å². The molecule has 18 heavy (non-hydrogen) atoms. The lowest BCUT2D eigenvalue weighted by Gasteiger charge is -2.36. The molecule has 1 aromatic carbocycles. The first-order chi connectivity index (χ1) is 8.74. The molecule has 0 unspecified atom stereocenters. The standard InChI is InChI=1S/C14H17FN2O/c15-12-8-16(9-12)10-14(18)17-7-3-5-11-4-1-2-6-13(11)17/h1-2,4,6,12H,3,5,7-10H2. The topological polar surface area (TPSA) is 23.6 Å². The van der Waals surface area contributed by atoms with Crippen molar-refractivity contribution in [3.05, 3.63) is 29.8 Å². The fraction of sp³-hybridized carbons (Fsp3) is 0.500. The lowest BCUT2D eigenvalue weighted by molar-refractivity contribution is -0.121. The van der Waals surface area contributed by atoms with Gasteiger partial charge in [-0.2, -0.15) is 0 Å². The fourth-order valence-corrected chi connectivity index (χ4v) is 2.71. The van der Waals surface area contributed by atoms with Crippen molar-refractivity contribution in [1.82, 2.24) is 4.90 Å². The van der Waals surface area contributed by atoms with Gasteiger partial charge in [0.25, 0.3) is 0 Å². The number of alkyl halides is 1. The summed E-state index contributed by atoms with van der Waals surface area (Å²) in [4.78, 5) is 15.9. The molecule has 3 rings (SSSR count). The summed E-state index contributed by atoms with van der Waals surface area (Å²) in [5.41, 5.74) is 2.27. The van der Waals surface area contributed by atoms with E-state index in [1.165, 1.54) is 5.56 Å². The van der Waals surface area contributed by atoms with Crippen LogP contribution in [0.15, 0.2) is 24.3 Å². The molecule has 0 spiro atoms. The third-order valence-electron chi connectivity index (χ3n) is 3.68. The molecule has 0 N–H and O–H groups in total. The Bertz CT molecular complexity index is 457. The van der Waals surface area contributed by atoms with Gasteiger partial charge in [-0.15, -0.1) is 0 Å². The van der Waals surface area contributed by atoms with Gasteiger partial charge < -0.3 is 4.90 Å². The van der Waals surface area contributed by atoms with Gasteiger partial charge in [-0.3, -0.25) is 9.69 Å². The SMILES string of the molecule is O=C(CN1CC(F)C1)N1CCCc2ccccc21. The predicted molar refractivity (Wildman–Crippen MR) is 68.5 cm³/mol. The number of hydrogen-bond donors (Lipinski definition) is 0. The minimum absolute atomic E-state index is 0.0917. The minimum Gasteiger partial charge on any atom is -0.311 e. The van der Waals surface area contributed by atoms with E-state index in [-0.39, 0.29) is 5.91 Å². The van der Waals surface area contributed by atoms with Gasteiger partial charge in [0, 0.05) is 25.3 Å². The van der Waals surface area contributed by atoms with Crippen LogP contribution >= 0.6 is 0 Å². The van der Waals surface area contributed by atoms with Crippen LogP contribution in [-0.4, -0.2) is 43.2 Å². The summed E-state index contributed by atoms with van der Waals surface area (Å²) >= 11 is 0. The lowest BCUT2D eigenvalue weighted by atomic mass is 10.0. The summed E-state index contributed by atoms with van der Waals surface area (Å²) in [5, 5.41) is 0. The van der Waals surface area contributed by atoms with Crippen molar-refractivity contribution < 1.29 is 9.18 Å². The first-order valence-electron chi connectivity index (χ1n) is 6.49. The molecule has 96 valence electrons. The maximum atomic E-state index is 12.7. The van der Waals surface area contributed by atoms with Gasteiger partial charge in [0.15, 0.2) is 0 Å². The van der Waals surface area contributed by atoms with Crippen molar-refractivity contribution in [3.8, 4) is 0 Å².